The summed E-state index contributed by atoms with van der Waals surface area (Å²) in [5.41, 5.74) is 0.619. The second-order valence-corrected chi connectivity index (χ2v) is 4.31. The van der Waals surface area contributed by atoms with Crippen molar-refractivity contribution in [2.75, 3.05) is 12.4 Å². The zero-order valence-corrected chi connectivity index (χ0v) is 11.2. The van der Waals surface area contributed by atoms with E-state index in [1.807, 2.05) is 0 Å². The molecule has 0 spiro atoms. The van der Waals surface area contributed by atoms with Gasteiger partial charge in [-0.25, -0.2) is 13.6 Å². The number of aromatic carboxylic acids is 1. The van der Waals surface area contributed by atoms with Gasteiger partial charge in [0.05, 0.1) is 12.7 Å². The van der Waals surface area contributed by atoms with Crippen LogP contribution in [-0.4, -0.2) is 18.2 Å². The first-order valence-electron chi connectivity index (χ1n) is 6.10. The molecule has 2 aromatic carbocycles. The SMILES string of the molecule is COc1ccc(NCc2cc(C(=O)O)ccc2F)cc1F. The van der Waals surface area contributed by atoms with E-state index in [1.165, 1.54) is 31.4 Å². The highest BCUT2D eigenvalue weighted by Gasteiger charge is 2.09. The highest BCUT2D eigenvalue weighted by atomic mass is 19.1. The maximum atomic E-state index is 13.6. The van der Waals surface area contributed by atoms with Crippen LogP contribution in [0.3, 0.4) is 0 Å². The molecule has 21 heavy (non-hydrogen) atoms. The Morgan fingerprint density at radius 1 is 1.19 bits per heavy atom. The van der Waals surface area contributed by atoms with Crippen LogP contribution in [0, 0.1) is 11.6 Å². The fraction of sp³-hybridized carbons (Fsp3) is 0.133. The van der Waals surface area contributed by atoms with Crippen molar-refractivity contribution in [1.29, 1.82) is 0 Å². The van der Waals surface area contributed by atoms with E-state index in [4.69, 9.17) is 9.84 Å². The molecule has 2 N–H and O–H groups in total. The summed E-state index contributed by atoms with van der Waals surface area (Å²) in [4.78, 5) is 10.8. The van der Waals surface area contributed by atoms with Gasteiger partial charge in [-0.1, -0.05) is 0 Å². The number of carboxylic acids is 1. The van der Waals surface area contributed by atoms with Gasteiger partial charge in [0.1, 0.15) is 5.82 Å². The van der Waals surface area contributed by atoms with Gasteiger partial charge in [-0.15, -0.1) is 0 Å². The topological polar surface area (TPSA) is 58.6 Å². The molecule has 0 saturated heterocycles. The third-order valence-electron chi connectivity index (χ3n) is 2.93. The molecular weight excluding hydrogens is 280 g/mol. The number of carbonyl (C=O) groups is 1. The molecule has 4 nitrogen and oxygen atoms in total. The largest absolute Gasteiger partial charge is 0.494 e. The summed E-state index contributed by atoms with van der Waals surface area (Å²) in [6.07, 6.45) is 0. The number of hydrogen-bond acceptors (Lipinski definition) is 3. The van der Waals surface area contributed by atoms with Gasteiger partial charge in [0, 0.05) is 23.9 Å². The monoisotopic (exact) mass is 293 g/mol. The van der Waals surface area contributed by atoms with Crippen LogP contribution in [-0.2, 0) is 6.54 Å². The van der Waals surface area contributed by atoms with Crippen molar-refractivity contribution in [3.8, 4) is 5.75 Å². The molecule has 2 aromatic rings. The Labute approximate surface area is 120 Å². The predicted molar refractivity (Wildman–Crippen MR) is 73.6 cm³/mol. The lowest BCUT2D eigenvalue weighted by Gasteiger charge is -2.09. The van der Waals surface area contributed by atoms with Crippen LogP contribution < -0.4 is 10.1 Å². The fourth-order valence-electron chi connectivity index (χ4n) is 1.82. The first-order valence-corrected chi connectivity index (χ1v) is 6.10. The standard InChI is InChI=1S/C15H13F2NO3/c1-21-14-5-3-11(7-13(14)17)18-8-10-6-9(15(19)20)2-4-12(10)16/h2-7,18H,8H2,1H3,(H,19,20). The van der Waals surface area contributed by atoms with E-state index in [1.54, 1.807) is 6.07 Å². The van der Waals surface area contributed by atoms with E-state index in [9.17, 15) is 13.6 Å². The molecular formula is C15H13F2NO3. The quantitative estimate of drug-likeness (QED) is 0.888. The van der Waals surface area contributed by atoms with Gasteiger partial charge < -0.3 is 15.2 Å². The number of halogens is 2. The van der Waals surface area contributed by atoms with Crippen molar-refractivity contribution >= 4 is 11.7 Å². The van der Waals surface area contributed by atoms with Crippen LogP contribution in [0.15, 0.2) is 36.4 Å². The van der Waals surface area contributed by atoms with Crippen LogP contribution in [0.1, 0.15) is 15.9 Å². The number of methoxy groups -OCH3 is 1. The Hall–Kier alpha value is -2.63. The maximum Gasteiger partial charge on any atom is 0.335 e. The van der Waals surface area contributed by atoms with Crippen LogP contribution in [0.2, 0.25) is 0 Å². The van der Waals surface area contributed by atoms with Crippen molar-refractivity contribution in [3.63, 3.8) is 0 Å². The number of carboxylic acid groups (broad SMARTS) is 1. The number of benzene rings is 2. The Bertz CT molecular complexity index is 674. The number of anilines is 1. The first-order chi connectivity index (χ1) is 10.0. The summed E-state index contributed by atoms with van der Waals surface area (Å²) in [5.74, 6) is -2.09. The lowest BCUT2D eigenvalue weighted by Crippen LogP contribution is -2.05. The lowest BCUT2D eigenvalue weighted by atomic mass is 10.1. The molecule has 110 valence electrons. The molecule has 0 aliphatic heterocycles. The molecule has 0 atom stereocenters. The van der Waals surface area contributed by atoms with Gasteiger partial charge in [0.2, 0.25) is 0 Å². The lowest BCUT2D eigenvalue weighted by molar-refractivity contribution is 0.0696. The molecule has 0 radical (unpaired) electrons. The third kappa shape index (κ3) is 3.47. The van der Waals surface area contributed by atoms with Gasteiger partial charge in [-0.05, 0) is 30.3 Å². The number of rotatable bonds is 5. The van der Waals surface area contributed by atoms with Crippen molar-refractivity contribution in [1.82, 2.24) is 0 Å². The highest BCUT2D eigenvalue weighted by Crippen LogP contribution is 2.21. The maximum absolute atomic E-state index is 13.6. The number of ether oxygens (including phenoxy) is 1. The van der Waals surface area contributed by atoms with Crippen molar-refractivity contribution in [2.24, 2.45) is 0 Å². The van der Waals surface area contributed by atoms with E-state index in [0.717, 1.165) is 6.07 Å². The average Bonchev–Trinajstić information content (AvgIpc) is 2.46. The third-order valence-corrected chi connectivity index (χ3v) is 2.93. The second-order valence-electron chi connectivity index (χ2n) is 4.31. The smallest absolute Gasteiger partial charge is 0.335 e. The summed E-state index contributed by atoms with van der Waals surface area (Å²) in [7, 11) is 1.36. The van der Waals surface area contributed by atoms with E-state index in [0.29, 0.717) is 5.69 Å². The van der Waals surface area contributed by atoms with Gasteiger partial charge >= 0.3 is 5.97 Å². The molecule has 6 heteroatoms. The molecule has 0 fully saturated rings. The van der Waals surface area contributed by atoms with E-state index in [-0.39, 0.29) is 23.4 Å². The van der Waals surface area contributed by atoms with Crippen LogP contribution in [0.4, 0.5) is 14.5 Å². The normalized spacial score (nSPS) is 10.2. The predicted octanol–water partition coefficient (Wildman–Crippen LogP) is 3.28. The summed E-state index contributed by atoms with van der Waals surface area (Å²) in [6, 6.07) is 7.77. The molecule has 0 aliphatic carbocycles. The van der Waals surface area contributed by atoms with E-state index < -0.39 is 17.6 Å². The highest BCUT2D eigenvalue weighted by molar-refractivity contribution is 5.87. The summed E-state index contributed by atoms with van der Waals surface area (Å²) >= 11 is 0. The van der Waals surface area contributed by atoms with E-state index in [2.05, 4.69) is 5.32 Å². The zero-order chi connectivity index (χ0) is 15.4. The molecule has 0 saturated carbocycles. The Balaban J connectivity index is 2.14. The molecule has 0 heterocycles. The molecule has 2 rings (SSSR count). The van der Waals surface area contributed by atoms with Crippen LogP contribution in [0.25, 0.3) is 0 Å². The van der Waals surface area contributed by atoms with Crippen molar-refractivity contribution in [2.45, 2.75) is 6.54 Å². The average molecular weight is 293 g/mol. The van der Waals surface area contributed by atoms with Crippen LogP contribution >= 0.6 is 0 Å². The van der Waals surface area contributed by atoms with E-state index >= 15 is 0 Å². The van der Waals surface area contributed by atoms with Crippen molar-refractivity contribution in [3.05, 3.63) is 59.2 Å². The number of hydrogen-bond donors (Lipinski definition) is 2. The Morgan fingerprint density at radius 2 is 1.95 bits per heavy atom. The minimum atomic E-state index is -1.13. The molecule has 0 bridgehead atoms. The Kier molecular flexibility index (Phi) is 4.37. The molecule has 0 amide bonds. The summed E-state index contributed by atoms with van der Waals surface area (Å²) in [6.45, 7) is 0.0404. The van der Waals surface area contributed by atoms with Crippen LogP contribution in [0.5, 0.6) is 5.75 Å². The molecule has 0 unspecified atom stereocenters. The zero-order valence-electron chi connectivity index (χ0n) is 11.2. The Morgan fingerprint density at radius 3 is 2.57 bits per heavy atom. The summed E-state index contributed by atoms with van der Waals surface area (Å²) in [5, 5.41) is 11.7. The van der Waals surface area contributed by atoms with Gasteiger partial charge in [0.25, 0.3) is 0 Å². The minimum absolute atomic E-state index is 0.00545. The first kappa shape index (κ1) is 14.8. The van der Waals surface area contributed by atoms with Gasteiger partial charge in [0.15, 0.2) is 11.6 Å². The molecule has 0 aromatic heterocycles. The number of nitrogens with one attached hydrogen (secondary N) is 1. The van der Waals surface area contributed by atoms with Gasteiger partial charge in [-0.2, -0.15) is 0 Å². The van der Waals surface area contributed by atoms with Gasteiger partial charge in [-0.3, -0.25) is 0 Å². The fourth-order valence-corrected chi connectivity index (χ4v) is 1.82. The molecule has 0 aliphatic rings. The van der Waals surface area contributed by atoms with Crippen molar-refractivity contribution < 1.29 is 23.4 Å². The summed E-state index contributed by atoms with van der Waals surface area (Å²) < 4.78 is 31.9. The minimum Gasteiger partial charge on any atom is -0.494 e. The second kappa shape index (κ2) is 6.21.